The summed E-state index contributed by atoms with van der Waals surface area (Å²) >= 11 is 0. The molecule has 4 nitrogen and oxygen atoms in total. The van der Waals surface area contributed by atoms with Crippen molar-refractivity contribution in [3.8, 4) is 0 Å². The topological polar surface area (TPSA) is 41.3 Å². The van der Waals surface area contributed by atoms with Gasteiger partial charge >= 0.3 is 0 Å². The maximum atomic E-state index is 9.01. The van der Waals surface area contributed by atoms with Gasteiger partial charge in [0, 0.05) is 31.9 Å². The van der Waals surface area contributed by atoms with Gasteiger partial charge in [0.15, 0.2) is 0 Å². The van der Waals surface area contributed by atoms with E-state index in [9.17, 15) is 0 Å². The summed E-state index contributed by atoms with van der Waals surface area (Å²) in [5, 5.41) is 13.2. The number of unbranched alkanes of at least 4 members (excludes halogenated alkanes) is 2. The van der Waals surface area contributed by atoms with Crippen LogP contribution in [0, 0.1) is 0 Å². The molecule has 92 valence electrons. The molecule has 0 aromatic carbocycles. The lowest BCUT2D eigenvalue weighted by atomic mass is 10.2. The molecule has 0 aliphatic heterocycles. The van der Waals surface area contributed by atoms with Crippen molar-refractivity contribution in [1.29, 1.82) is 0 Å². The average molecular weight is 225 g/mol. The van der Waals surface area contributed by atoms with E-state index in [1.54, 1.807) is 0 Å². The Hall–Kier alpha value is -0.870. The van der Waals surface area contributed by atoms with Gasteiger partial charge < -0.3 is 5.11 Å². The first-order chi connectivity index (χ1) is 7.76. The molecule has 0 aliphatic rings. The number of aliphatic hydroxyl groups is 1. The number of hydrogen-bond acceptors (Lipinski definition) is 3. The Morgan fingerprint density at radius 3 is 2.75 bits per heavy atom. The number of nitrogens with zero attached hydrogens (tertiary/aromatic N) is 3. The highest BCUT2D eigenvalue weighted by Crippen LogP contribution is 2.05. The van der Waals surface area contributed by atoms with Gasteiger partial charge in [-0.1, -0.05) is 19.8 Å². The van der Waals surface area contributed by atoms with E-state index >= 15 is 0 Å². The van der Waals surface area contributed by atoms with Gasteiger partial charge in [-0.25, -0.2) is 0 Å². The molecule has 4 heteroatoms. The molecular weight excluding hydrogens is 202 g/mol. The van der Waals surface area contributed by atoms with Gasteiger partial charge in [-0.15, -0.1) is 0 Å². The van der Waals surface area contributed by atoms with Crippen LogP contribution in [0.15, 0.2) is 12.4 Å². The molecule has 0 spiro atoms. The average Bonchev–Trinajstić information content (AvgIpc) is 2.65. The highest BCUT2D eigenvalue weighted by atomic mass is 16.3. The van der Waals surface area contributed by atoms with Crippen molar-refractivity contribution < 1.29 is 5.11 Å². The molecule has 0 amide bonds. The minimum Gasteiger partial charge on any atom is -0.395 e. The van der Waals surface area contributed by atoms with Gasteiger partial charge in [-0.05, 0) is 13.0 Å². The highest BCUT2D eigenvalue weighted by Gasteiger charge is 2.06. The number of aliphatic hydroxyl groups excluding tert-OH is 1. The van der Waals surface area contributed by atoms with E-state index in [0.29, 0.717) is 0 Å². The Morgan fingerprint density at radius 1 is 1.38 bits per heavy atom. The lowest BCUT2D eigenvalue weighted by Crippen LogP contribution is -2.27. The second-order valence-electron chi connectivity index (χ2n) is 4.23. The summed E-state index contributed by atoms with van der Waals surface area (Å²) in [7, 11) is 1.93. The first-order valence-electron chi connectivity index (χ1n) is 6.07. The number of aryl methyl sites for hydroxylation is 1. The standard InChI is InChI=1S/C12H23N3O/c1-3-4-5-6-15(7-8-16)11-12-9-13-14(2)10-12/h9-10,16H,3-8,11H2,1-2H3. The number of aromatic nitrogens is 2. The van der Waals surface area contributed by atoms with Crippen LogP contribution in [0.5, 0.6) is 0 Å². The normalized spacial score (nSPS) is 11.2. The SMILES string of the molecule is CCCCCN(CCO)Cc1cnn(C)c1. The molecule has 1 aromatic rings. The van der Waals surface area contributed by atoms with Crippen LogP contribution < -0.4 is 0 Å². The molecule has 1 rings (SSSR count). The molecule has 0 fully saturated rings. The van der Waals surface area contributed by atoms with Crippen LogP contribution in [0.2, 0.25) is 0 Å². The Bertz CT molecular complexity index is 286. The zero-order valence-corrected chi connectivity index (χ0v) is 10.4. The van der Waals surface area contributed by atoms with E-state index < -0.39 is 0 Å². The molecule has 0 aliphatic carbocycles. The third kappa shape index (κ3) is 4.77. The van der Waals surface area contributed by atoms with Gasteiger partial charge in [0.1, 0.15) is 0 Å². The summed E-state index contributed by atoms with van der Waals surface area (Å²) in [6, 6.07) is 0. The van der Waals surface area contributed by atoms with E-state index in [1.807, 2.05) is 24.1 Å². The van der Waals surface area contributed by atoms with Crippen molar-refractivity contribution in [2.45, 2.75) is 32.7 Å². The molecule has 0 unspecified atom stereocenters. The van der Waals surface area contributed by atoms with E-state index in [1.165, 1.54) is 24.8 Å². The largest absolute Gasteiger partial charge is 0.395 e. The molecule has 0 bridgehead atoms. The third-order valence-electron chi connectivity index (χ3n) is 2.66. The van der Waals surface area contributed by atoms with Crippen molar-refractivity contribution in [1.82, 2.24) is 14.7 Å². The first kappa shape index (κ1) is 13.2. The predicted molar refractivity (Wildman–Crippen MR) is 65.1 cm³/mol. The second kappa shape index (κ2) is 7.41. The van der Waals surface area contributed by atoms with Gasteiger partial charge in [-0.3, -0.25) is 9.58 Å². The fraction of sp³-hybridized carbons (Fsp3) is 0.750. The summed E-state index contributed by atoms with van der Waals surface area (Å²) in [6.07, 6.45) is 7.62. The van der Waals surface area contributed by atoms with Crippen molar-refractivity contribution in [2.24, 2.45) is 7.05 Å². The summed E-state index contributed by atoms with van der Waals surface area (Å²) in [5.74, 6) is 0. The van der Waals surface area contributed by atoms with Crippen molar-refractivity contribution in [3.05, 3.63) is 18.0 Å². The molecule has 0 radical (unpaired) electrons. The van der Waals surface area contributed by atoms with E-state index in [0.717, 1.165) is 19.6 Å². The van der Waals surface area contributed by atoms with E-state index in [-0.39, 0.29) is 6.61 Å². The molecule has 1 heterocycles. The molecule has 0 saturated heterocycles. The van der Waals surface area contributed by atoms with E-state index in [2.05, 4.69) is 16.9 Å². The monoisotopic (exact) mass is 225 g/mol. The van der Waals surface area contributed by atoms with Crippen LogP contribution in [-0.4, -0.2) is 39.5 Å². The maximum Gasteiger partial charge on any atom is 0.0558 e. The predicted octanol–water partition coefficient (Wildman–Crippen LogP) is 1.40. The molecule has 1 aromatic heterocycles. The second-order valence-corrected chi connectivity index (χ2v) is 4.23. The Kier molecular flexibility index (Phi) is 6.11. The first-order valence-corrected chi connectivity index (χ1v) is 6.07. The lowest BCUT2D eigenvalue weighted by Gasteiger charge is -2.20. The maximum absolute atomic E-state index is 9.01. The molecule has 16 heavy (non-hydrogen) atoms. The van der Waals surface area contributed by atoms with Crippen LogP contribution in [0.25, 0.3) is 0 Å². The molecule has 1 N–H and O–H groups in total. The molecule has 0 atom stereocenters. The minimum absolute atomic E-state index is 0.229. The molecule has 0 saturated carbocycles. The van der Waals surface area contributed by atoms with Crippen molar-refractivity contribution in [2.75, 3.05) is 19.7 Å². The van der Waals surface area contributed by atoms with Crippen LogP contribution in [0.4, 0.5) is 0 Å². The zero-order chi connectivity index (χ0) is 11.8. The Morgan fingerprint density at radius 2 is 2.19 bits per heavy atom. The highest BCUT2D eigenvalue weighted by molar-refractivity contribution is 5.03. The number of rotatable bonds is 8. The number of hydrogen-bond donors (Lipinski definition) is 1. The quantitative estimate of drug-likeness (QED) is 0.680. The van der Waals surface area contributed by atoms with Gasteiger partial charge in [0.05, 0.1) is 12.8 Å². The summed E-state index contributed by atoms with van der Waals surface area (Å²) < 4.78 is 1.82. The summed E-state index contributed by atoms with van der Waals surface area (Å²) in [6.45, 7) is 5.13. The third-order valence-corrected chi connectivity index (χ3v) is 2.66. The fourth-order valence-corrected chi connectivity index (χ4v) is 1.81. The van der Waals surface area contributed by atoms with Gasteiger partial charge in [-0.2, -0.15) is 5.10 Å². The Balaban J connectivity index is 2.37. The lowest BCUT2D eigenvalue weighted by molar-refractivity contribution is 0.187. The summed E-state index contributed by atoms with van der Waals surface area (Å²) in [5.41, 5.74) is 1.22. The summed E-state index contributed by atoms with van der Waals surface area (Å²) in [4.78, 5) is 2.28. The van der Waals surface area contributed by atoms with Crippen molar-refractivity contribution in [3.63, 3.8) is 0 Å². The minimum atomic E-state index is 0.229. The van der Waals surface area contributed by atoms with Crippen molar-refractivity contribution >= 4 is 0 Å². The zero-order valence-electron chi connectivity index (χ0n) is 10.4. The Labute approximate surface area is 97.9 Å². The van der Waals surface area contributed by atoms with Crippen LogP contribution >= 0.6 is 0 Å². The van der Waals surface area contributed by atoms with E-state index in [4.69, 9.17) is 5.11 Å². The smallest absolute Gasteiger partial charge is 0.0558 e. The fourth-order valence-electron chi connectivity index (χ4n) is 1.81. The van der Waals surface area contributed by atoms with Gasteiger partial charge in [0.2, 0.25) is 0 Å². The van der Waals surface area contributed by atoms with Crippen LogP contribution in [0.3, 0.4) is 0 Å². The van der Waals surface area contributed by atoms with Gasteiger partial charge in [0.25, 0.3) is 0 Å². The van der Waals surface area contributed by atoms with Crippen LogP contribution in [-0.2, 0) is 13.6 Å². The molecular formula is C12H23N3O. The van der Waals surface area contributed by atoms with Crippen LogP contribution in [0.1, 0.15) is 31.7 Å².